The highest BCUT2D eigenvalue weighted by atomic mass is 35.5. The molecule has 2 aliphatic rings. The maximum Gasteiger partial charge on any atom is 0.300 e. The molecule has 0 aliphatic carbocycles. The van der Waals surface area contributed by atoms with Gasteiger partial charge in [0, 0.05) is 35.4 Å². The molecule has 0 fully saturated rings. The van der Waals surface area contributed by atoms with E-state index in [1.165, 1.54) is 11.3 Å². The summed E-state index contributed by atoms with van der Waals surface area (Å²) in [4.78, 5) is 6.81. The maximum atomic E-state index is 12.5. The predicted molar refractivity (Wildman–Crippen MR) is 124 cm³/mol. The zero-order chi connectivity index (χ0) is 22.0. The first-order valence-electron chi connectivity index (χ1n) is 10.2. The van der Waals surface area contributed by atoms with Crippen LogP contribution in [-0.2, 0) is 22.0 Å². The fourth-order valence-electron chi connectivity index (χ4n) is 4.69. The molecule has 0 saturated heterocycles. The molecule has 0 spiro atoms. The summed E-state index contributed by atoms with van der Waals surface area (Å²) in [6, 6.07) is 7.40. The van der Waals surface area contributed by atoms with Crippen LogP contribution in [0.2, 0.25) is 5.02 Å². The van der Waals surface area contributed by atoms with Crippen molar-refractivity contribution in [3.05, 3.63) is 40.4 Å². The first-order valence-corrected chi connectivity index (χ1v) is 12.9. The van der Waals surface area contributed by atoms with E-state index < -0.39 is 10.1 Å². The Kier molecular flexibility index (Phi) is 4.95. The van der Waals surface area contributed by atoms with E-state index in [9.17, 15) is 13.0 Å². The van der Waals surface area contributed by atoms with E-state index in [4.69, 9.17) is 11.6 Å². The van der Waals surface area contributed by atoms with Crippen LogP contribution < -0.4 is 15.8 Å². The number of nitrogens with two attached hydrogens (primary N) is 1. The van der Waals surface area contributed by atoms with Crippen LogP contribution in [0.4, 0.5) is 16.5 Å². The van der Waals surface area contributed by atoms with Crippen molar-refractivity contribution in [3.8, 4) is 0 Å². The number of hydrogen-bond donors (Lipinski definition) is 3. The van der Waals surface area contributed by atoms with Gasteiger partial charge in [0.2, 0.25) is 5.13 Å². The zero-order valence-corrected chi connectivity index (χ0v) is 19.7. The number of nitrogens with one attached hydrogen (secondary N) is 1. The molecule has 3 aromatic rings. The summed E-state index contributed by atoms with van der Waals surface area (Å²) >= 11 is 7.50. The molecule has 0 unspecified atom stereocenters. The molecule has 2 aliphatic heterocycles. The number of nitrogens with zero attached hydrogens (tertiary/aromatic N) is 2. The number of hydrogen-bond acceptors (Lipinski definition) is 6. The Balaban J connectivity index is 1.60. The van der Waals surface area contributed by atoms with E-state index in [1.54, 1.807) is 11.5 Å². The number of anilines is 2. The van der Waals surface area contributed by atoms with Gasteiger partial charge < -0.3 is 4.90 Å². The molecule has 5 rings (SSSR count). The zero-order valence-electron chi connectivity index (χ0n) is 17.3. The van der Waals surface area contributed by atoms with Gasteiger partial charge in [-0.05, 0) is 48.4 Å². The van der Waals surface area contributed by atoms with Crippen LogP contribution in [0.15, 0.2) is 29.2 Å². The molecule has 7 nitrogen and oxygen atoms in total. The molecule has 0 amide bonds. The highest BCUT2D eigenvalue weighted by molar-refractivity contribution is 7.86. The van der Waals surface area contributed by atoms with Crippen LogP contribution in [0.5, 0.6) is 0 Å². The van der Waals surface area contributed by atoms with Crippen molar-refractivity contribution in [2.45, 2.75) is 43.4 Å². The van der Waals surface area contributed by atoms with Crippen molar-refractivity contribution in [2.75, 3.05) is 23.4 Å². The monoisotopic (exact) mass is 479 g/mol. The van der Waals surface area contributed by atoms with Crippen LogP contribution in [0.1, 0.15) is 37.8 Å². The fourth-order valence-corrected chi connectivity index (χ4v) is 6.72. The van der Waals surface area contributed by atoms with Crippen LogP contribution in [0.3, 0.4) is 0 Å². The van der Waals surface area contributed by atoms with Crippen molar-refractivity contribution in [3.63, 3.8) is 0 Å². The molecule has 0 bridgehead atoms. The standard InChI is InChI=1S/C21H23ClN4O3S2/c1-21(2)7-9-26-8-3-4-13-18(26)14(21)11-16(19(13)31(27,28)29)24-25-20-23-15-6-5-12(22)10-17(15)30-20/h5-6,10-11,24H,3-4,7-9H2,1-2H3,(H,23,25)(H,27,28,29)/p+1. The number of fused-ring (bicyclic) bond motifs is 1. The lowest BCUT2D eigenvalue weighted by atomic mass is 9.75. The Labute approximate surface area is 190 Å². The second kappa shape index (κ2) is 7.31. The average Bonchev–Trinajstić information content (AvgIpc) is 3.10. The third kappa shape index (κ3) is 3.68. The van der Waals surface area contributed by atoms with E-state index in [-0.39, 0.29) is 10.3 Å². The number of benzene rings is 2. The highest BCUT2D eigenvalue weighted by Crippen LogP contribution is 2.47. The Hall–Kier alpha value is -1.91. The van der Waals surface area contributed by atoms with Crippen LogP contribution in [-0.4, -0.2) is 31.0 Å². The molecule has 4 N–H and O–H groups in total. The van der Waals surface area contributed by atoms with Gasteiger partial charge in [0.15, 0.2) is 10.6 Å². The second-order valence-electron chi connectivity index (χ2n) is 8.79. The van der Waals surface area contributed by atoms with E-state index in [2.05, 4.69) is 29.2 Å². The van der Waals surface area contributed by atoms with Crippen molar-refractivity contribution in [2.24, 2.45) is 0 Å². The number of aromatic nitrogens is 1. The van der Waals surface area contributed by atoms with Gasteiger partial charge in [0.1, 0.15) is 0 Å². The maximum absolute atomic E-state index is 12.5. The third-order valence-electron chi connectivity index (χ3n) is 6.24. The summed E-state index contributed by atoms with van der Waals surface area (Å²) in [7, 11) is -4.40. The van der Waals surface area contributed by atoms with Crippen LogP contribution >= 0.6 is 22.9 Å². The minimum absolute atomic E-state index is 0.00491. The molecule has 1 aromatic heterocycles. The summed E-state index contributed by atoms with van der Waals surface area (Å²) in [5.74, 6) is 0. The van der Waals surface area contributed by atoms with Crippen molar-refractivity contribution in [1.29, 1.82) is 0 Å². The number of nitrogen functional groups attached to an aromatic ring is 1. The van der Waals surface area contributed by atoms with Crippen LogP contribution in [0, 0.1) is 0 Å². The lowest BCUT2D eigenvalue weighted by molar-refractivity contribution is -0.541. The summed E-state index contributed by atoms with van der Waals surface area (Å²) in [5, 5.41) is 1.27. The Morgan fingerprint density at radius 1 is 1.29 bits per heavy atom. The second-order valence-corrected chi connectivity index (χ2v) is 11.6. The Morgan fingerprint density at radius 3 is 2.87 bits per heavy atom. The molecular formula is C21H24ClN4O3S2+. The summed E-state index contributed by atoms with van der Waals surface area (Å²) < 4.78 is 36.0. The third-order valence-corrected chi connectivity index (χ3v) is 8.43. The lowest BCUT2D eigenvalue weighted by Crippen LogP contribution is -2.83. The van der Waals surface area contributed by atoms with E-state index in [0.717, 1.165) is 53.0 Å². The van der Waals surface area contributed by atoms with Crippen molar-refractivity contribution < 1.29 is 18.4 Å². The van der Waals surface area contributed by atoms with E-state index in [0.29, 0.717) is 22.3 Å². The van der Waals surface area contributed by atoms with Gasteiger partial charge >= 0.3 is 10.1 Å². The smallest absolute Gasteiger partial charge is 0.300 e. The van der Waals surface area contributed by atoms with Gasteiger partial charge in [-0.15, -0.1) is 0 Å². The van der Waals surface area contributed by atoms with Crippen molar-refractivity contribution in [1.82, 2.24) is 4.98 Å². The normalized spacial score (nSPS) is 17.6. The molecular weight excluding hydrogens is 456 g/mol. The quantitative estimate of drug-likeness (QED) is 0.227. The molecule has 2 aromatic carbocycles. The number of thiazole rings is 1. The molecule has 0 saturated carbocycles. The lowest BCUT2D eigenvalue weighted by Gasteiger charge is -2.44. The fraction of sp³-hybridized carbons (Fsp3) is 0.381. The van der Waals surface area contributed by atoms with Gasteiger partial charge in [0.25, 0.3) is 0 Å². The topological polar surface area (TPSA) is 99.1 Å². The number of quaternary nitrogens is 1. The predicted octanol–water partition coefficient (Wildman–Crippen LogP) is 3.85. The van der Waals surface area contributed by atoms with Crippen molar-refractivity contribution >= 4 is 59.8 Å². The molecule has 3 heterocycles. The minimum atomic E-state index is -4.40. The Morgan fingerprint density at radius 2 is 2.10 bits per heavy atom. The van der Waals surface area contributed by atoms with Gasteiger partial charge in [-0.2, -0.15) is 8.42 Å². The first-order chi connectivity index (χ1) is 14.6. The van der Waals surface area contributed by atoms with Gasteiger partial charge in [-0.1, -0.05) is 36.8 Å². The summed E-state index contributed by atoms with van der Waals surface area (Å²) in [6.45, 7) is 6.19. The SMILES string of the molecule is CC1(C)CCN2CCCc3c2c1cc([NH2+]Nc1nc2ccc(Cl)cc2s1)c3S(=O)(=O)O. The number of halogens is 1. The first kappa shape index (κ1) is 21.0. The van der Waals surface area contributed by atoms with Gasteiger partial charge in [-0.25, -0.2) is 15.8 Å². The molecule has 10 heteroatoms. The summed E-state index contributed by atoms with van der Waals surface area (Å²) in [6.07, 6.45) is 2.49. The van der Waals surface area contributed by atoms with E-state index in [1.807, 2.05) is 18.2 Å². The average molecular weight is 480 g/mol. The molecule has 0 radical (unpaired) electrons. The van der Waals surface area contributed by atoms with Gasteiger partial charge in [0.05, 0.1) is 10.2 Å². The number of rotatable bonds is 4. The van der Waals surface area contributed by atoms with E-state index >= 15 is 0 Å². The summed E-state index contributed by atoms with van der Waals surface area (Å²) in [5.41, 5.74) is 8.83. The molecule has 0 atom stereocenters. The Bertz CT molecular complexity index is 1300. The van der Waals surface area contributed by atoms with Gasteiger partial charge in [-0.3, -0.25) is 4.55 Å². The highest BCUT2D eigenvalue weighted by Gasteiger charge is 2.39. The largest absolute Gasteiger partial charge is 0.371 e. The molecule has 164 valence electrons. The molecule has 31 heavy (non-hydrogen) atoms. The van der Waals surface area contributed by atoms with Crippen LogP contribution in [0.25, 0.3) is 10.2 Å². The minimum Gasteiger partial charge on any atom is -0.371 e.